The normalized spacial score (nSPS) is 9.81. The van der Waals surface area contributed by atoms with E-state index in [1.807, 2.05) is 13.0 Å². The fourth-order valence-electron chi connectivity index (χ4n) is 1.82. The van der Waals surface area contributed by atoms with Crippen molar-refractivity contribution in [3.05, 3.63) is 35.9 Å². The van der Waals surface area contributed by atoms with Crippen molar-refractivity contribution in [2.24, 2.45) is 0 Å². The molecule has 0 unspecified atom stereocenters. The number of aromatic nitrogens is 2. The second-order valence-electron chi connectivity index (χ2n) is 4.03. The Balaban J connectivity index is 2.43. The molecule has 6 nitrogen and oxygen atoms in total. The molecule has 1 aromatic heterocycles. The molecule has 1 aromatic carbocycles. The summed E-state index contributed by atoms with van der Waals surface area (Å²) in [5.74, 6) is 0.674. The van der Waals surface area contributed by atoms with Crippen molar-refractivity contribution >= 4 is 17.3 Å². The second-order valence-corrected chi connectivity index (χ2v) is 4.03. The van der Waals surface area contributed by atoms with E-state index < -0.39 is 5.82 Å². The predicted molar refractivity (Wildman–Crippen MR) is 77.1 cm³/mol. The van der Waals surface area contributed by atoms with Crippen molar-refractivity contribution in [3.63, 3.8) is 0 Å². The highest BCUT2D eigenvalue weighted by atomic mass is 19.1. The maximum atomic E-state index is 13.6. The maximum Gasteiger partial charge on any atom is 0.204 e. The Morgan fingerprint density at radius 2 is 2.10 bits per heavy atom. The number of nitrogens with one attached hydrogen (secondary N) is 2. The van der Waals surface area contributed by atoms with Crippen LogP contribution < -0.4 is 15.4 Å². The van der Waals surface area contributed by atoms with Gasteiger partial charge in [-0.2, -0.15) is 5.26 Å². The molecule has 0 aliphatic rings. The second kappa shape index (κ2) is 6.52. The summed E-state index contributed by atoms with van der Waals surface area (Å²) in [6, 6.07) is 6.16. The van der Waals surface area contributed by atoms with Crippen LogP contribution in [0.5, 0.6) is 5.75 Å². The van der Waals surface area contributed by atoms with E-state index in [0.29, 0.717) is 29.6 Å². The molecule has 2 N–H and O–H groups in total. The van der Waals surface area contributed by atoms with Crippen molar-refractivity contribution < 1.29 is 9.13 Å². The van der Waals surface area contributed by atoms with E-state index in [1.165, 1.54) is 25.6 Å². The summed E-state index contributed by atoms with van der Waals surface area (Å²) in [5, 5.41) is 15.0. The lowest BCUT2D eigenvalue weighted by atomic mass is 10.2. The highest BCUT2D eigenvalue weighted by molar-refractivity contribution is 5.72. The number of benzene rings is 1. The first-order valence-electron chi connectivity index (χ1n) is 6.29. The molecule has 0 amide bonds. The minimum atomic E-state index is -0.595. The van der Waals surface area contributed by atoms with Crippen LogP contribution in [-0.2, 0) is 0 Å². The zero-order valence-corrected chi connectivity index (χ0v) is 11.6. The van der Waals surface area contributed by atoms with Crippen molar-refractivity contribution in [1.82, 2.24) is 9.97 Å². The molecule has 2 rings (SSSR count). The van der Waals surface area contributed by atoms with Crippen LogP contribution in [-0.4, -0.2) is 23.6 Å². The van der Waals surface area contributed by atoms with Gasteiger partial charge in [0.15, 0.2) is 11.6 Å². The Labute approximate surface area is 121 Å². The Kier molecular flexibility index (Phi) is 4.51. The van der Waals surface area contributed by atoms with Gasteiger partial charge in [0.25, 0.3) is 0 Å². The maximum absolute atomic E-state index is 13.6. The molecule has 0 aliphatic carbocycles. The van der Waals surface area contributed by atoms with Crippen LogP contribution in [0.25, 0.3) is 0 Å². The molecule has 0 fully saturated rings. The third-order valence-corrected chi connectivity index (χ3v) is 2.73. The lowest BCUT2D eigenvalue weighted by Gasteiger charge is -2.14. The molecule has 0 saturated carbocycles. The van der Waals surface area contributed by atoms with Gasteiger partial charge >= 0.3 is 0 Å². The zero-order chi connectivity index (χ0) is 15.2. The monoisotopic (exact) mass is 287 g/mol. The smallest absolute Gasteiger partial charge is 0.204 e. The van der Waals surface area contributed by atoms with Crippen LogP contribution in [0.1, 0.15) is 12.5 Å². The van der Waals surface area contributed by atoms with E-state index in [2.05, 4.69) is 20.6 Å². The van der Waals surface area contributed by atoms with E-state index in [4.69, 9.17) is 10.00 Å². The van der Waals surface area contributed by atoms with Gasteiger partial charge in [-0.05, 0) is 19.1 Å². The van der Waals surface area contributed by atoms with Crippen LogP contribution in [0, 0.1) is 17.1 Å². The lowest BCUT2D eigenvalue weighted by Crippen LogP contribution is -2.06. The molecule has 0 atom stereocenters. The number of methoxy groups -OCH3 is 1. The molecule has 0 spiro atoms. The van der Waals surface area contributed by atoms with E-state index in [-0.39, 0.29) is 5.56 Å². The fraction of sp³-hybridized carbons (Fsp3) is 0.214. The highest BCUT2D eigenvalue weighted by Gasteiger charge is 2.14. The predicted octanol–water partition coefficient (Wildman–Crippen LogP) is 2.67. The Hall–Kier alpha value is -2.88. The number of rotatable bonds is 5. The number of nitriles is 1. The number of halogens is 1. The summed E-state index contributed by atoms with van der Waals surface area (Å²) < 4.78 is 18.9. The van der Waals surface area contributed by atoms with Gasteiger partial charge in [0, 0.05) is 6.54 Å². The summed E-state index contributed by atoms with van der Waals surface area (Å²) in [6.07, 6.45) is 1.36. The van der Waals surface area contributed by atoms with Crippen molar-refractivity contribution in [2.45, 2.75) is 6.92 Å². The molecular formula is C14H14FN5O. The van der Waals surface area contributed by atoms with Gasteiger partial charge in [-0.3, -0.25) is 0 Å². The van der Waals surface area contributed by atoms with Gasteiger partial charge < -0.3 is 15.4 Å². The largest absolute Gasteiger partial charge is 0.490 e. The van der Waals surface area contributed by atoms with Crippen LogP contribution in [0.3, 0.4) is 0 Å². The first kappa shape index (κ1) is 14.5. The number of hydrogen-bond acceptors (Lipinski definition) is 6. The number of anilines is 3. The number of hydrogen-bond donors (Lipinski definition) is 2. The third kappa shape index (κ3) is 3.00. The quantitative estimate of drug-likeness (QED) is 0.879. The van der Waals surface area contributed by atoms with E-state index in [0.717, 1.165) is 0 Å². The molecule has 0 radical (unpaired) electrons. The average Bonchev–Trinajstić information content (AvgIpc) is 2.48. The highest BCUT2D eigenvalue weighted by Crippen LogP contribution is 2.32. The summed E-state index contributed by atoms with van der Waals surface area (Å²) >= 11 is 0. The molecule has 21 heavy (non-hydrogen) atoms. The summed E-state index contributed by atoms with van der Waals surface area (Å²) in [6.45, 7) is 2.59. The lowest BCUT2D eigenvalue weighted by molar-refractivity contribution is 0.415. The molecular weight excluding hydrogens is 273 g/mol. The van der Waals surface area contributed by atoms with Crippen molar-refractivity contribution in [1.29, 1.82) is 5.26 Å². The van der Waals surface area contributed by atoms with Gasteiger partial charge in [0.2, 0.25) is 5.75 Å². The number of ether oxygens (including phenoxy) is 1. The van der Waals surface area contributed by atoms with Gasteiger partial charge in [-0.25, -0.2) is 14.4 Å². The molecule has 0 saturated heterocycles. The fourth-order valence-corrected chi connectivity index (χ4v) is 1.82. The van der Waals surface area contributed by atoms with E-state index >= 15 is 0 Å². The summed E-state index contributed by atoms with van der Waals surface area (Å²) in [7, 11) is 1.49. The standard InChI is InChI=1S/C14H14FN5O/c1-3-17-13-12(21-2)14(19-8-18-13)20-11-6-4-5-10(15)9(11)7-16/h4-6,8H,3H2,1-2H3,(H2,17,18,19,20). The van der Waals surface area contributed by atoms with Crippen molar-refractivity contribution in [2.75, 3.05) is 24.3 Å². The van der Waals surface area contributed by atoms with E-state index in [1.54, 1.807) is 6.07 Å². The average molecular weight is 287 g/mol. The minimum absolute atomic E-state index is 0.0804. The molecule has 7 heteroatoms. The Morgan fingerprint density at radius 1 is 1.33 bits per heavy atom. The Morgan fingerprint density at radius 3 is 2.76 bits per heavy atom. The van der Waals surface area contributed by atoms with Gasteiger partial charge in [-0.15, -0.1) is 0 Å². The summed E-state index contributed by atoms with van der Waals surface area (Å²) in [5.41, 5.74) is 0.236. The molecule has 2 aromatic rings. The van der Waals surface area contributed by atoms with Crippen LogP contribution in [0.15, 0.2) is 24.5 Å². The third-order valence-electron chi connectivity index (χ3n) is 2.73. The summed E-state index contributed by atoms with van der Waals surface area (Å²) in [4.78, 5) is 8.15. The Bertz CT molecular complexity index is 684. The molecule has 0 aliphatic heterocycles. The van der Waals surface area contributed by atoms with Gasteiger partial charge in [-0.1, -0.05) is 6.07 Å². The van der Waals surface area contributed by atoms with Crippen LogP contribution in [0.4, 0.5) is 21.7 Å². The number of nitrogens with zero attached hydrogens (tertiary/aromatic N) is 3. The first-order chi connectivity index (χ1) is 10.2. The van der Waals surface area contributed by atoms with Gasteiger partial charge in [0.05, 0.1) is 12.8 Å². The topological polar surface area (TPSA) is 82.9 Å². The zero-order valence-electron chi connectivity index (χ0n) is 11.6. The van der Waals surface area contributed by atoms with Crippen molar-refractivity contribution in [3.8, 4) is 11.8 Å². The SMILES string of the molecule is CCNc1ncnc(Nc2cccc(F)c2C#N)c1OC. The molecule has 108 valence electrons. The molecule has 0 bridgehead atoms. The van der Waals surface area contributed by atoms with E-state index in [9.17, 15) is 4.39 Å². The van der Waals surface area contributed by atoms with Gasteiger partial charge in [0.1, 0.15) is 23.8 Å². The molecule has 1 heterocycles. The van der Waals surface area contributed by atoms with Crippen LogP contribution >= 0.6 is 0 Å². The van der Waals surface area contributed by atoms with Crippen LogP contribution in [0.2, 0.25) is 0 Å². The first-order valence-corrected chi connectivity index (χ1v) is 6.29. The minimum Gasteiger partial charge on any atom is -0.490 e.